The van der Waals surface area contributed by atoms with Crippen molar-refractivity contribution >= 4 is 5.97 Å². The van der Waals surface area contributed by atoms with Gasteiger partial charge in [-0.1, -0.05) is 20.8 Å². The fourth-order valence-corrected chi connectivity index (χ4v) is 10.6. The first-order chi connectivity index (χ1) is 20.8. The van der Waals surface area contributed by atoms with Crippen LogP contribution in [0.1, 0.15) is 91.4 Å². The first-order valence-corrected chi connectivity index (χ1v) is 18.2. The average molecular weight is 605 g/mol. The Hall–Kier alpha value is -0.770. The Morgan fingerprint density at radius 2 is 1.40 bits per heavy atom. The number of hydrogen-bond acceptors (Lipinski definition) is 8. The minimum absolute atomic E-state index is 0.0432. The molecule has 0 aromatic rings. The molecular formula is C35H68N6O2. The maximum atomic E-state index is 11.8. The molecule has 5 unspecified atom stereocenters. The predicted octanol–water partition coefficient (Wildman–Crippen LogP) is 3.51. The molecule has 4 aliphatic carbocycles. The third-order valence-corrected chi connectivity index (χ3v) is 12.9. The first-order valence-electron chi connectivity index (χ1n) is 18.2. The Bertz CT molecular complexity index is 830. The van der Waals surface area contributed by atoms with Crippen LogP contribution in [0.4, 0.5) is 0 Å². The summed E-state index contributed by atoms with van der Waals surface area (Å²) in [5.74, 6) is 4.98. The van der Waals surface area contributed by atoms with Gasteiger partial charge in [-0.2, -0.15) is 0 Å². The molecule has 0 bridgehead atoms. The lowest BCUT2D eigenvalue weighted by Gasteiger charge is -2.61. The van der Waals surface area contributed by atoms with E-state index in [0.717, 1.165) is 94.9 Å². The Balaban J connectivity index is 1.12. The van der Waals surface area contributed by atoms with Crippen LogP contribution in [0.25, 0.3) is 0 Å². The summed E-state index contributed by atoms with van der Waals surface area (Å²) in [6.45, 7) is 17.5. The summed E-state index contributed by atoms with van der Waals surface area (Å²) in [5, 5.41) is 17.8. The summed E-state index contributed by atoms with van der Waals surface area (Å²) in [6, 6.07) is 0.695. The van der Waals surface area contributed by atoms with Gasteiger partial charge in [0.2, 0.25) is 0 Å². The van der Waals surface area contributed by atoms with Crippen molar-refractivity contribution in [3.05, 3.63) is 0 Å². The van der Waals surface area contributed by atoms with E-state index in [9.17, 15) is 4.79 Å². The zero-order valence-corrected chi connectivity index (χ0v) is 28.3. The Morgan fingerprint density at radius 3 is 2.05 bits per heavy atom. The van der Waals surface area contributed by atoms with Gasteiger partial charge in [0, 0.05) is 77.9 Å². The number of nitrogens with one attached hydrogen (secondary N) is 5. The fourth-order valence-electron chi connectivity index (χ4n) is 10.6. The fraction of sp³-hybridized carbons (Fsp3) is 0.971. The lowest BCUT2D eigenvalue weighted by atomic mass is 9.44. The highest BCUT2D eigenvalue weighted by Gasteiger charge is 2.60. The second-order valence-corrected chi connectivity index (χ2v) is 15.2. The van der Waals surface area contributed by atoms with Crippen molar-refractivity contribution in [3.63, 3.8) is 0 Å². The van der Waals surface area contributed by atoms with Crippen molar-refractivity contribution in [3.8, 4) is 0 Å². The van der Waals surface area contributed by atoms with Gasteiger partial charge < -0.3 is 37.1 Å². The zero-order valence-electron chi connectivity index (χ0n) is 28.3. The number of hydrogen-bond donors (Lipinski definition) is 6. The molecule has 43 heavy (non-hydrogen) atoms. The van der Waals surface area contributed by atoms with Gasteiger partial charge in [-0.25, -0.2) is 0 Å². The van der Waals surface area contributed by atoms with Crippen LogP contribution >= 0.6 is 0 Å². The number of esters is 1. The van der Waals surface area contributed by atoms with E-state index in [1.165, 1.54) is 64.9 Å². The van der Waals surface area contributed by atoms with Crippen molar-refractivity contribution in [2.45, 2.75) is 97.4 Å². The molecule has 4 saturated carbocycles. The Labute approximate surface area is 263 Å². The summed E-state index contributed by atoms with van der Waals surface area (Å²) >= 11 is 0. The average Bonchev–Trinajstić information content (AvgIpc) is 3.37. The molecule has 0 aromatic carbocycles. The molecule has 4 aliphatic rings. The summed E-state index contributed by atoms with van der Waals surface area (Å²) < 4.78 is 4.95. The minimum atomic E-state index is -0.0432. The van der Waals surface area contributed by atoms with E-state index < -0.39 is 0 Å². The largest absolute Gasteiger partial charge is 0.469 e. The maximum absolute atomic E-state index is 11.8. The number of methoxy groups -OCH3 is 1. The number of fused-ring (bicyclic) bond motifs is 5. The molecule has 0 aliphatic heterocycles. The standard InChI is InChI=1S/C35H68N6O2/c1-26(5-10-33(42)43-4)30-8-9-31-29-7-6-27-25-28(11-13-34(27,2)32(29)12-14-35(30,31)3)41-24-23-40-22-21-39-20-19-38-18-17-37-16-15-36/h26-32,37-41H,5-25,36H2,1-4H3/t26-,27?,28+,29?,30?,31?,32?,34+,35-/m1/s1. The molecule has 0 amide bonds. The number of carbonyl (C=O) groups excluding carboxylic acids is 1. The van der Waals surface area contributed by atoms with E-state index in [1.54, 1.807) is 0 Å². The number of rotatable bonds is 19. The van der Waals surface area contributed by atoms with Crippen molar-refractivity contribution in [2.24, 2.45) is 52.1 Å². The van der Waals surface area contributed by atoms with Crippen LogP contribution in [0.3, 0.4) is 0 Å². The van der Waals surface area contributed by atoms with Gasteiger partial charge in [-0.3, -0.25) is 4.79 Å². The van der Waals surface area contributed by atoms with Crippen LogP contribution in [0.5, 0.6) is 0 Å². The molecule has 4 fully saturated rings. The zero-order chi connectivity index (χ0) is 30.7. The van der Waals surface area contributed by atoms with Gasteiger partial charge in [-0.05, 0) is 111 Å². The number of nitrogens with two attached hydrogens (primary N) is 1. The third-order valence-electron chi connectivity index (χ3n) is 12.9. The highest BCUT2D eigenvalue weighted by Crippen LogP contribution is 2.68. The van der Waals surface area contributed by atoms with Gasteiger partial charge in [-0.15, -0.1) is 0 Å². The monoisotopic (exact) mass is 605 g/mol. The van der Waals surface area contributed by atoms with Crippen LogP contribution in [0.15, 0.2) is 0 Å². The predicted molar refractivity (Wildman–Crippen MR) is 178 cm³/mol. The molecule has 8 nitrogen and oxygen atoms in total. The molecule has 250 valence electrons. The highest BCUT2D eigenvalue weighted by molar-refractivity contribution is 5.69. The quantitative estimate of drug-likeness (QED) is 0.0982. The number of ether oxygens (including phenoxy) is 1. The molecule has 8 heteroatoms. The van der Waals surface area contributed by atoms with Gasteiger partial charge in [0.1, 0.15) is 0 Å². The molecule has 0 heterocycles. The first kappa shape index (κ1) is 35.1. The SMILES string of the molecule is COC(=O)CC[C@@H](C)C1CCC2C3CCC4C[C@@H](NCCNCCNCCNCCNCCN)CC[C@]4(C)C3CC[C@@]21C. The van der Waals surface area contributed by atoms with Gasteiger partial charge >= 0.3 is 5.97 Å². The van der Waals surface area contributed by atoms with E-state index in [-0.39, 0.29) is 5.97 Å². The second kappa shape index (κ2) is 17.2. The molecule has 9 atom stereocenters. The molecule has 0 aromatic heterocycles. The summed E-state index contributed by atoms with van der Waals surface area (Å²) in [5.41, 5.74) is 6.49. The lowest BCUT2D eigenvalue weighted by Crippen LogP contribution is -2.55. The number of carbonyl (C=O) groups is 1. The Kier molecular flexibility index (Phi) is 14.1. The van der Waals surface area contributed by atoms with E-state index in [4.69, 9.17) is 10.5 Å². The molecule has 7 N–H and O–H groups in total. The highest BCUT2D eigenvalue weighted by atomic mass is 16.5. The molecule has 0 saturated heterocycles. The minimum Gasteiger partial charge on any atom is -0.469 e. The lowest BCUT2D eigenvalue weighted by molar-refractivity contribution is -0.141. The van der Waals surface area contributed by atoms with E-state index in [1.807, 2.05) is 0 Å². The van der Waals surface area contributed by atoms with Gasteiger partial charge in [0.25, 0.3) is 0 Å². The molecule has 0 radical (unpaired) electrons. The van der Waals surface area contributed by atoms with Crippen molar-refractivity contribution in [1.29, 1.82) is 0 Å². The van der Waals surface area contributed by atoms with Crippen molar-refractivity contribution in [2.75, 3.05) is 72.6 Å². The molecule has 4 rings (SSSR count). The van der Waals surface area contributed by atoms with Crippen LogP contribution in [-0.4, -0.2) is 84.6 Å². The van der Waals surface area contributed by atoms with Crippen LogP contribution in [0.2, 0.25) is 0 Å². The van der Waals surface area contributed by atoms with Crippen LogP contribution in [0, 0.1) is 46.3 Å². The van der Waals surface area contributed by atoms with E-state index in [0.29, 0.717) is 35.8 Å². The van der Waals surface area contributed by atoms with Crippen LogP contribution < -0.4 is 32.3 Å². The Morgan fingerprint density at radius 1 is 0.791 bits per heavy atom. The normalized spacial score (nSPS) is 36.0. The van der Waals surface area contributed by atoms with E-state index >= 15 is 0 Å². The molecular weight excluding hydrogens is 536 g/mol. The van der Waals surface area contributed by atoms with Crippen molar-refractivity contribution in [1.82, 2.24) is 26.6 Å². The van der Waals surface area contributed by atoms with Crippen LogP contribution in [-0.2, 0) is 9.53 Å². The van der Waals surface area contributed by atoms with Crippen molar-refractivity contribution < 1.29 is 9.53 Å². The second-order valence-electron chi connectivity index (χ2n) is 15.2. The smallest absolute Gasteiger partial charge is 0.305 e. The van der Waals surface area contributed by atoms with E-state index in [2.05, 4.69) is 47.4 Å². The maximum Gasteiger partial charge on any atom is 0.305 e. The summed E-state index contributed by atoms with van der Waals surface area (Å²) in [7, 11) is 1.52. The molecule has 0 spiro atoms. The summed E-state index contributed by atoms with van der Waals surface area (Å²) in [4.78, 5) is 11.8. The third kappa shape index (κ3) is 8.94. The van der Waals surface area contributed by atoms with Gasteiger partial charge in [0.05, 0.1) is 7.11 Å². The topological polar surface area (TPSA) is 112 Å². The summed E-state index contributed by atoms with van der Waals surface area (Å²) in [6.07, 6.45) is 14.2. The van der Waals surface area contributed by atoms with Gasteiger partial charge in [0.15, 0.2) is 0 Å².